The number of carbonyl (C=O) groups is 1. The Hall–Kier alpha value is -3.41. The van der Waals surface area contributed by atoms with Crippen molar-refractivity contribution in [1.82, 2.24) is 4.90 Å². The maximum absolute atomic E-state index is 13.2. The van der Waals surface area contributed by atoms with Crippen LogP contribution in [0, 0.1) is 0 Å². The molecule has 0 aromatic heterocycles. The minimum Gasteiger partial charge on any atom is -0.508 e. The van der Waals surface area contributed by atoms with E-state index >= 15 is 0 Å². The second kappa shape index (κ2) is 7.31. The average molecular weight is 371 g/mol. The first-order valence-corrected chi connectivity index (χ1v) is 8.91. The lowest BCUT2D eigenvalue weighted by atomic mass is 9.89. The normalized spacial score (nSPS) is 12.6. The minimum absolute atomic E-state index is 0.0279. The lowest BCUT2D eigenvalue weighted by Crippen LogP contribution is -2.26. The van der Waals surface area contributed by atoms with Crippen LogP contribution in [0.4, 0.5) is 0 Å². The van der Waals surface area contributed by atoms with Gasteiger partial charge in [0.1, 0.15) is 37.3 Å². The van der Waals surface area contributed by atoms with Crippen molar-refractivity contribution in [2.24, 2.45) is 0 Å². The Kier molecular flexibility index (Phi) is 4.69. The number of carbonyl (C=O) groups excluding carboxylic acids is 1. The Labute approximate surface area is 164 Å². The van der Waals surface area contributed by atoms with E-state index < -0.39 is 0 Å². The molecule has 2 radical (unpaired) electrons. The smallest absolute Gasteiger partial charge is 0.262 e. The molecule has 1 aliphatic heterocycles. The van der Waals surface area contributed by atoms with E-state index in [1.807, 2.05) is 42.5 Å². The van der Waals surface area contributed by atoms with Crippen LogP contribution in [0.3, 0.4) is 0 Å². The number of benzene rings is 3. The largest absolute Gasteiger partial charge is 0.508 e. The molecule has 1 aliphatic rings. The summed E-state index contributed by atoms with van der Waals surface area (Å²) in [6.45, 7) is 0.966. The molecule has 5 nitrogen and oxygen atoms in total. The standard InChI is InChI=1S/C22H18BNO4/c23-18-8-4-7-15-11-24(12-17(15)18)22(27)21-19(26)9-16(25)10-20(21)28-13-14-5-2-1-3-6-14/h1-10,25-26H,11-13H2. The molecule has 0 saturated carbocycles. The van der Waals surface area contributed by atoms with Crippen molar-refractivity contribution in [2.75, 3.05) is 0 Å². The lowest BCUT2D eigenvalue weighted by molar-refractivity contribution is 0.0743. The molecule has 1 heterocycles. The first-order valence-electron chi connectivity index (χ1n) is 8.91. The summed E-state index contributed by atoms with van der Waals surface area (Å²) in [5, 5.41) is 20.2. The number of ether oxygens (including phenoxy) is 1. The monoisotopic (exact) mass is 371 g/mol. The summed E-state index contributed by atoms with van der Waals surface area (Å²) in [6, 6.07) is 17.5. The molecular formula is C22H18BNO4. The molecule has 2 N–H and O–H groups in total. The highest BCUT2D eigenvalue weighted by Gasteiger charge is 2.29. The summed E-state index contributed by atoms with van der Waals surface area (Å²) in [5.41, 5.74) is 3.48. The lowest BCUT2D eigenvalue weighted by Gasteiger charge is -2.19. The fourth-order valence-corrected chi connectivity index (χ4v) is 3.40. The summed E-state index contributed by atoms with van der Waals surface area (Å²) >= 11 is 0. The number of hydrogen-bond donors (Lipinski definition) is 2. The van der Waals surface area contributed by atoms with Gasteiger partial charge in [-0.3, -0.25) is 4.79 Å². The van der Waals surface area contributed by atoms with Gasteiger partial charge in [0.15, 0.2) is 0 Å². The van der Waals surface area contributed by atoms with E-state index in [-0.39, 0.29) is 35.3 Å². The first kappa shape index (κ1) is 18.0. The van der Waals surface area contributed by atoms with Crippen molar-refractivity contribution in [3.63, 3.8) is 0 Å². The number of nitrogens with zero attached hydrogens (tertiary/aromatic N) is 1. The zero-order valence-electron chi connectivity index (χ0n) is 15.1. The number of aromatic hydroxyl groups is 2. The Morgan fingerprint density at radius 2 is 1.82 bits per heavy atom. The maximum Gasteiger partial charge on any atom is 0.262 e. The topological polar surface area (TPSA) is 70.0 Å². The Bertz CT molecular complexity index is 1040. The molecule has 4 rings (SSSR count). The van der Waals surface area contributed by atoms with E-state index in [4.69, 9.17) is 12.6 Å². The third kappa shape index (κ3) is 3.41. The van der Waals surface area contributed by atoms with Crippen LogP contribution in [-0.2, 0) is 19.7 Å². The highest BCUT2D eigenvalue weighted by molar-refractivity contribution is 6.33. The summed E-state index contributed by atoms with van der Waals surface area (Å²) in [5.74, 6) is -0.741. The van der Waals surface area contributed by atoms with Gasteiger partial charge < -0.3 is 19.8 Å². The average Bonchev–Trinajstić information content (AvgIpc) is 3.12. The van der Waals surface area contributed by atoms with Crippen molar-refractivity contribution < 1.29 is 19.7 Å². The molecule has 0 saturated heterocycles. The highest BCUT2D eigenvalue weighted by atomic mass is 16.5. The zero-order chi connectivity index (χ0) is 19.7. The van der Waals surface area contributed by atoms with E-state index in [9.17, 15) is 15.0 Å². The fraction of sp³-hybridized carbons (Fsp3) is 0.136. The molecule has 3 aromatic rings. The predicted molar refractivity (Wildman–Crippen MR) is 106 cm³/mol. The zero-order valence-corrected chi connectivity index (χ0v) is 15.1. The molecule has 0 aliphatic carbocycles. The summed E-state index contributed by atoms with van der Waals surface area (Å²) < 4.78 is 5.77. The van der Waals surface area contributed by atoms with Gasteiger partial charge in [0, 0.05) is 25.2 Å². The van der Waals surface area contributed by atoms with Crippen LogP contribution in [0.5, 0.6) is 17.2 Å². The van der Waals surface area contributed by atoms with Crippen LogP contribution in [0.25, 0.3) is 0 Å². The van der Waals surface area contributed by atoms with Crippen molar-refractivity contribution in [2.45, 2.75) is 19.7 Å². The van der Waals surface area contributed by atoms with Gasteiger partial charge in [0.2, 0.25) is 0 Å². The maximum atomic E-state index is 13.2. The quantitative estimate of drug-likeness (QED) is 0.692. The van der Waals surface area contributed by atoms with E-state index in [0.717, 1.165) is 22.8 Å². The molecule has 28 heavy (non-hydrogen) atoms. The third-order valence-corrected chi connectivity index (χ3v) is 4.82. The first-order chi connectivity index (χ1) is 13.5. The second-order valence-electron chi connectivity index (χ2n) is 6.76. The minimum atomic E-state index is -0.379. The Morgan fingerprint density at radius 1 is 1.04 bits per heavy atom. The molecule has 138 valence electrons. The Balaban J connectivity index is 1.62. The van der Waals surface area contributed by atoms with E-state index in [1.165, 1.54) is 6.07 Å². The van der Waals surface area contributed by atoms with Crippen LogP contribution in [0.15, 0.2) is 60.7 Å². The van der Waals surface area contributed by atoms with Gasteiger partial charge >= 0.3 is 0 Å². The number of hydrogen-bond acceptors (Lipinski definition) is 4. The van der Waals surface area contributed by atoms with Gasteiger partial charge in [-0.15, -0.1) is 0 Å². The van der Waals surface area contributed by atoms with Gasteiger partial charge in [0.05, 0.1) is 0 Å². The van der Waals surface area contributed by atoms with Crippen molar-refractivity contribution >= 4 is 19.2 Å². The molecule has 6 heteroatoms. The van der Waals surface area contributed by atoms with Crippen LogP contribution in [-0.4, -0.2) is 28.9 Å². The number of rotatable bonds is 4. The highest BCUT2D eigenvalue weighted by Crippen LogP contribution is 2.36. The van der Waals surface area contributed by atoms with Gasteiger partial charge in [0.25, 0.3) is 5.91 Å². The Morgan fingerprint density at radius 3 is 2.57 bits per heavy atom. The summed E-state index contributed by atoms with van der Waals surface area (Å²) in [4.78, 5) is 14.8. The van der Waals surface area contributed by atoms with Crippen LogP contribution < -0.4 is 10.2 Å². The third-order valence-electron chi connectivity index (χ3n) is 4.82. The molecule has 1 amide bonds. The van der Waals surface area contributed by atoms with Gasteiger partial charge in [-0.25, -0.2) is 0 Å². The van der Waals surface area contributed by atoms with Crippen molar-refractivity contribution in [1.29, 1.82) is 0 Å². The van der Waals surface area contributed by atoms with Crippen LogP contribution in [0.1, 0.15) is 27.0 Å². The van der Waals surface area contributed by atoms with Gasteiger partial charge in [-0.05, 0) is 16.7 Å². The van der Waals surface area contributed by atoms with E-state index in [0.29, 0.717) is 18.6 Å². The van der Waals surface area contributed by atoms with E-state index in [2.05, 4.69) is 0 Å². The number of amides is 1. The number of phenolic OH excluding ortho intramolecular Hbond substituents is 2. The molecule has 0 unspecified atom stereocenters. The fourth-order valence-electron chi connectivity index (χ4n) is 3.40. The van der Waals surface area contributed by atoms with Crippen LogP contribution >= 0.6 is 0 Å². The molecule has 0 fully saturated rings. The van der Waals surface area contributed by atoms with E-state index in [1.54, 1.807) is 11.0 Å². The predicted octanol–water partition coefficient (Wildman–Crippen LogP) is 2.63. The van der Waals surface area contributed by atoms with Crippen LogP contribution in [0.2, 0.25) is 0 Å². The SMILES string of the molecule is [B]c1cccc2c1CN(C(=O)c1c(O)cc(O)cc1OCc1ccccc1)C2. The molecule has 3 aromatic carbocycles. The number of phenols is 2. The number of fused-ring (bicyclic) bond motifs is 1. The second-order valence-corrected chi connectivity index (χ2v) is 6.76. The molecule has 0 spiro atoms. The van der Waals surface area contributed by atoms with Crippen molar-refractivity contribution in [3.05, 3.63) is 82.9 Å². The van der Waals surface area contributed by atoms with Gasteiger partial charge in [-0.1, -0.05) is 54.0 Å². The van der Waals surface area contributed by atoms with Crippen molar-refractivity contribution in [3.8, 4) is 17.2 Å². The summed E-state index contributed by atoms with van der Waals surface area (Å²) in [7, 11) is 6.02. The molecule has 0 atom stereocenters. The molecule has 0 bridgehead atoms. The van der Waals surface area contributed by atoms with Gasteiger partial charge in [-0.2, -0.15) is 0 Å². The molecular weight excluding hydrogens is 353 g/mol. The summed E-state index contributed by atoms with van der Waals surface area (Å²) in [6.07, 6.45) is 0.